The van der Waals surface area contributed by atoms with Crippen molar-refractivity contribution in [3.63, 3.8) is 0 Å². The van der Waals surface area contributed by atoms with E-state index in [0.29, 0.717) is 12.1 Å². The number of hydrogen-bond acceptors (Lipinski definition) is 2. The van der Waals surface area contributed by atoms with E-state index in [0.717, 1.165) is 12.0 Å². The Bertz CT molecular complexity index is 644. The Morgan fingerprint density at radius 2 is 1.95 bits per heavy atom. The number of aryl methyl sites for hydroxylation is 1. The van der Waals surface area contributed by atoms with E-state index in [4.69, 9.17) is 12.2 Å². The molecule has 0 bridgehead atoms. The second-order valence-corrected chi connectivity index (χ2v) is 4.85. The van der Waals surface area contributed by atoms with Gasteiger partial charge in [-0.2, -0.15) is 0 Å². The molecule has 2 aromatic rings. The molecule has 0 saturated heterocycles. The Balaban J connectivity index is 1.89. The van der Waals surface area contributed by atoms with Gasteiger partial charge in [-0.25, -0.2) is 0 Å². The van der Waals surface area contributed by atoms with Crippen LogP contribution in [0.3, 0.4) is 0 Å². The van der Waals surface area contributed by atoms with Gasteiger partial charge in [-0.1, -0.05) is 42.3 Å². The van der Waals surface area contributed by atoms with Gasteiger partial charge in [0.25, 0.3) is 0 Å². The quantitative estimate of drug-likeness (QED) is 0.826. The van der Waals surface area contributed by atoms with Crippen LogP contribution < -0.4 is 11.1 Å². The fourth-order valence-corrected chi connectivity index (χ4v) is 2.02. The molecule has 1 unspecified atom stereocenters. The number of benzene rings is 2. The number of rotatable bonds is 5. The molecule has 1 atom stereocenters. The minimum absolute atomic E-state index is 0.194. The third-order valence-electron chi connectivity index (χ3n) is 3.22. The van der Waals surface area contributed by atoms with Gasteiger partial charge in [0.1, 0.15) is 0 Å². The van der Waals surface area contributed by atoms with Crippen LogP contribution in [0.1, 0.15) is 17.5 Å². The van der Waals surface area contributed by atoms with Gasteiger partial charge in [-0.05, 0) is 36.6 Å². The van der Waals surface area contributed by atoms with Gasteiger partial charge in [0, 0.05) is 11.3 Å². The first-order valence-electron chi connectivity index (χ1n) is 6.86. The number of nitrogens with two attached hydrogens (primary N) is 1. The summed E-state index contributed by atoms with van der Waals surface area (Å²) in [7, 11) is 0. The summed E-state index contributed by atoms with van der Waals surface area (Å²) in [5.41, 5.74) is 8.51. The van der Waals surface area contributed by atoms with Crippen LogP contribution in [0.5, 0.6) is 0 Å². The summed E-state index contributed by atoms with van der Waals surface area (Å²) in [6, 6.07) is 16.6. The van der Waals surface area contributed by atoms with Crippen molar-refractivity contribution in [2.45, 2.75) is 18.9 Å². The van der Waals surface area contributed by atoms with Crippen LogP contribution in [0, 0.1) is 12.3 Å². The summed E-state index contributed by atoms with van der Waals surface area (Å²) in [5.74, 6) is 2.34. The van der Waals surface area contributed by atoms with Crippen LogP contribution >= 0.6 is 0 Å². The number of amides is 1. The molecule has 0 saturated carbocycles. The first-order chi connectivity index (χ1) is 10.2. The monoisotopic (exact) mass is 278 g/mol. The van der Waals surface area contributed by atoms with E-state index in [1.165, 1.54) is 5.56 Å². The highest BCUT2D eigenvalue weighted by Crippen LogP contribution is 2.11. The zero-order valence-electron chi connectivity index (χ0n) is 11.8. The summed E-state index contributed by atoms with van der Waals surface area (Å²) in [6.07, 6.45) is 6.71. The lowest BCUT2D eigenvalue weighted by atomic mass is 10.1. The molecule has 1 amide bonds. The van der Waals surface area contributed by atoms with Gasteiger partial charge in [-0.3, -0.25) is 4.79 Å². The molecule has 0 fully saturated rings. The summed E-state index contributed by atoms with van der Waals surface area (Å²) in [4.78, 5) is 12.0. The van der Waals surface area contributed by atoms with Gasteiger partial charge in [-0.15, -0.1) is 6.42 Å². The average molecular weight is 278 g/mol. The second-order valence-electron chi connectivity index (χ2n) is 4.85. The minimum atomic E-state index is -0.542. The Hall–Kier alpha value is -2.57. The van der Waals surface area contributed by atoms with Gasteiger partial charge < -0.3 is 11.1 Å². The van der Waals surface area contributed by atoms with E-state index in [1.807, 2.05) is 36.4 Å². The largest absolute Gasteiger partial charge is 0.325 e. The fourth-order valence-electron chi connectivity index (χ4n) is 2.02. The predicted molar refractivity (Wildman–Crippen MR) is 85.7 cm³/mol. The second kappa shape index (κ2) is 7.28. The average Bonchev–Trinajstić information content (AvgIpc) is 2.53. The first-order valence-corrected chi connectivity index (χ1v) is 6.86. The zero-order chi connectivity index (χ0) is 15.1. The number of terminal acetylenes is 1. The standard InChI is InChI=1S/C18H18N2O/c1-2-14-9-6-10-16(13-14)20-18(21)17(19)12-11-15-7-4-3-5-8-15/h1,3-10,13,17H,11-12,19H2,(H,20,21). The molecule has 0 aliphatic rings. The van der Waals surface area contributed by atoms with Crippen molar-refractivity contribution in [2.24, 2.45) is 5.73 Å². The van der Waals surface area contributed by atoms with Crippen molar-refractivity contribution in [2.75, 3.05) is 5.32 Å². The number of hydrogen-bond donors (Lipinski definition) is 2. The molecule has 0 spiro atoms. The molecule has 0 heterocycles. The lowest BCUT2D eigenvalue weighted by molar-refractivity contribution is -0.117. The van der Waals surface area contributed by atoms with Gasteiger partial charge in [0.15, 0.2) is 0 Å². The molecule has 3 nitrogen and oxygen atoms in total. The van der Waals surface area contributed by atoms with Crippen molar-refractivity contribution >= 4 is 11.6 Å². The highest BCUT2D eigenvalue weighted by atomic mass is 16.2. The van der Waals surface area contributed by atoms with Crippen LogP contribution in [-0.2, 0) is 11.2 Å². The molecule has 106 valence electrons. The van der Waals surface area contributed by atoms with Crippen LogP contribution in [0.2, 0.25) is 0 Å². The lowest BCUT2D eigenvalue weighted by Crippen LogP contribution is -2.36. The van der Waals surface area contributed by atoms with E-state index in [1.54, 1.807) is 18.2 Å². The number of carbonyl (C=O) groups excluding carboxylic acids is 1. The molecule has 0 aliphatic carbocycles. The molecule has 3 heteroatoms. The first kappa shape index (κ1) is 14.8. The number of anilines is 1. The van der Waals surface area contributed by atoms with Crippen molar-refractivity contribution in [3.8, 4) is 12.3 Å². The highest BCUT2D eigenvalue weighted by molar-refractivity contribution is 5.94. The summed E-state index contributed by atoms with van der Waals surface area (Å²) < 4.78 is 0. The number of nitrogens with one attached hydrogen (secondary N) is 1. The zero-order valence-corrected chi connectivity index (χ0v) is 11.8. The van der Waals surface area contributed by atoms with E-state index >= 15 is 0 Å². The molecule has 3 N–H and O–H groups in total. The van der Waals surface area contributed by atoms with E-state index < -0.39 is 6.04 Å². The Morgan fingerprint density at radius 3 is 2.67 bits per heavy atom. The molecule has 2 rings (SSSR count). The molecule has 0 aliphatic heterocycles. The van der Waals surface area contributed by atoms with E-state index in [-0.39, 0.29) is 5.91 Å². The smallest absolute Gasteiger partial charge is 0.241 e. The maximum Gasteiger partial charge on any atom is 0.241 e. The van der Waals surface area contributed by atoms with Gasteiger partial charge >= 0.3 is 0 Å². The summed E-state index contributed by atoms with van der Waals surface area (Å²) in [6.45, 7) is 0. The third kappa shape index (κ3) is 4.48. The molecule has 2 aromatic carbocycles. The highest BCUT2D eigenvalue weighted by Gasteiger charge is 2.13. The Labute approximate surface area is 125 Å². The molecular weight excluding hydrogens is 260 g/mol. The molecular formula is C18H18N2O. The Kier molecular flexibility index (Phi) is 5.14. The summed E-state index contributed by atoms with van der Waals surface area (Å²) >= 11 is 0. The van der Waals surface area contributed by atoms with Crippen LogP contribution in [0.15, 0.2) is 54.6 Å². The predicted octanol–water partition coefficient (Wildman–Crippen LogP) is 2.57. The van der Waals surface area contributed by atoms with Crippen LogP contribution in [0.25, 0.3) is 0 Å². The molecule has 0 radical (unpaired) electrons. The van der Waals surface area contributed by atoms with Crippen molar-refractivity contribution in [1.82, 2.24) is 0 Å². The van der Waals surface area contributed by atoms with Crippen molar-refractivity contribution < 1.29 is 4.79 Å². The fraction of sp³-hybridized carbons (Fsp3) is 0.167. The minimum Gasteiger partial charge on any atom is -0.325 e. The van der Waals surface area contributed by atoms with E-state index in [2.05, 4.69) is 11.2 Å². The summed E-state index contributed by atoms with van der Waals surface area (Å²) in [5, 5.41) is 2.79. The van der Waals surface area contributed by atoms with Gasteiger partial charge in [0.2, 0.25) is 5.91 Å². The van der Waals surface area contributed by atoms with Crippen LogP contribution in [-0.4, -0.2) is 11.9 Å². The van der Waals surface area contributed by atoms with Crippen LogP contribution in [0.4, 0.5) is 5.69 Å². The van der Waals surface area contributed by atoms with Crippen molar-refractivity contribution in [1.29, 1.82) is 0 Å². The lowest BCUT2D eigenvalue weighted by Gasteiger charge is -2.12. The normalized spacial score (nSPS) is 11.4. The van der Waals surface area contributed by atoms with Gasteiger partial charge in [0.05, 0.1) is 6.04 Å². The SMILES string of the molecule is C#Cc1cccc(NC(=O)C(N)CCc2ccccc2)c1. The van der Waals surface area contributed by atoms with Crippen molar-refractivity contribution in [3.05, 3.63) is 65.7 Å². The maximum atomic E-state index is 12.0. The molecule has 0 aromatic heterocycles. The third-order valence-corrected chi connectivity index (χ3v) is 3.22. The van der Waals surface area contributed by atoms with E-state index in [9.17, 15) is 4.79 Å². The number of carbonyl (C=O) groups is 1. The maximum absolute atomic E-state index is 12.0. The topological polar surface area (TPSA) is 55.1 Å². The molecule has 21 heavy (non-hydrogen) atoms. The Morgan fingerprint density at radius 1 is 1.19 bits per heavy atom.